The molecule has 7 heteroatoms. The predicted octanol–water partition coefficient (Wildman–Crippen LogP) is 2.66. The lowest BCUT2D eigenvalue weighted by molar-refractivity contribution is -0.385. The Hall–Kier alpha value is -2.77. The largest absolute Gasteiger partial charge is 0.390 e. The van der Waals surface area contributed by atoms with Gasteiger partial charge in [-0.15, -0.1) is 0 Å². The van der Waals surface area contributed by atoms with Crippen molar-refractivity contribution in [3.05, 3.63) is 70.5 Å². The van der Waals surface area contributed by atoms with Gasteiger partial charge in [-0.05, 0) is 23.3 Å². The summed E-state index contributed by atoms with van der Waals surface area (Å²) in [6.07, 6.45) is 1.80. The molecule has 0 saturated carbocycles. The molecule has 25 heavy (non-hydrogen) atoms. The molecule has 0 saturated heterocycles. The molecule has 7 nitrogen and oxygen atoms in total. The maximum absolute atomic E-state index is 10.7. The second-order valence-corrected chi connectivity index (χ2v) is 6.03. The average molecular weight is 340 g/mol. The van der Waals surface area contributed by atoms with E-state index in [0.717, 1.165) is 0 Å². The Morgan fingerprint density at radius 3 is 2.80 bits per heavy atom. The smallest absolute Gasteiger partial charge is 0.306 e. The number of nitrogens with zero attached hydrogens (tertiary/aromatic N) is 3. The van der Waals surface area contributed by atoms with Crippen LogP contribution in [0.1, 0.15) is 18.5 Å². The van der Waals surface area contributed by atoms with Crippen molar-refractivity contribution >= 4 is 16.5 Å². The molecule has 3 rings (SSSR count). The van der Waals surface area contributed by atoms with Gasteiger partial charge in [-0.3, -0.25) is 14.8 Å². The van der Waals surface area contributed by atoms with Crippen LogP contribution in [0.5, 0.6) is 0 Å². The fourth-order valence-electron chi connectivity index (χ4n) is 2.88. The van der Waals surface area contributed by atoms with Crippen molar-refractivity contribution in [3.8, 4) is 0 Å². The first kappa shape index (κ1) is 17.1. The molecule has 3 aromatic rings. The third kappa shape index (κ3) is 4.01. The number of aliphatic hydroxyl groups excluding tert-OH is 1. The van der Waals surface area contributed by atoms with Crippen LogP contribution in [0, 0.1) is 10.1 Å². The maximum atomic E-state index is 10.7. The first-order valence-electron chi connectivity index (χ1n) is 8.10. The van der Waals surface area contributed by atoms with E-state index in [0.29, 0.717) is 6.54 Å². The summed E-state index contributed by atoms with van der Waals surface area (Å²) in [5.41, 5.74) is 1.09. The van der Waals surface area contributed by atoms with E-state index >= 15 is 0 Å². The minimum absolute atomic E-state index is 0.0627. The molecule has 130 valence electrons. The number of hydrogen-bond donors (Lipinski definition) is 2. The van der Waals surface area contributed by atoms with Gasteiger partial charge >= 0.3 is 5.69 Å². The minimum atomic E-state index is -0.697. The summed E-state index contributed by atoms with van der Waals surface area (Å²) in [5.74, 6) is 0. The average Bonchev–Trinajstić information content (AvgIpc) is 3.08. The van der Waals surface area contributed by atoms with Gasteiger partial charge in [0.15, 0.2) is 0 Å². The van der Waals surface area contributed by atoms with Crippen molar-refractivity contribution in [2.45, 2.75) is 25.6 Å². The summed E-state index contributed by atoms with van der Waals surface area (Å²) in [5, 5.41) is 30.4. The predicted molar refractivity (Wildman–Crippen MR) is 95.3 cm³/mol. The monoisotopic (exact) mass is 340 g/mol. The van der Waals surface area contributed by atoms with Crippen LogP contribution in [0.15, 0.2) is 54.9 Å². The SMILES string of the molecule is C[C@@H](NCC(O)Cn1cc([N+](=O)[O-])cn1)c1cccc2ccccc12. The van der Waals surface area contributed by atoms with Crippen LogP contribution in [0.4, 0.5) is 5.69 Å². The highest BCUT2D eigenvalue weighted by Gasteiger charge is 2.14. The van der Waals surface area contributed by atoms with E-state index in [4.69, 9.17) is 0 Å². The molecule has 0 amide bonds. The number of aliphatic hydroxyl groups is 1. The van der Waals surface area contributed by atoms with Gasteiger partial charge in [0.1, 0.15) is 12.4 Å². The highest BCUT2D eigenvalue weighted by atomic mass is 16.6. The van der Waals surface area contributed by atoms with E-state index in [-0.39, 0.29) is 18.3 Å². The quantitative estimate of drug-likeness (QED) is 0.509. The minimum Gasteiger partial charge on any atom is -0.390 e. The van der Waals surface area contributed by atoms with Gasteiger partial charge in [-0.1, -0.05) is 42.5 Å². The fourth-order valence-corrected chi connectivity index (χ4v) is 2.88. The lowest BCUT2D eigenvalue weighted by Gasteiger charge is -2.19. The van der Waals surface area contributed by atoms with E-state index in [9.17, 15) is 15.2 Å². The van der Waals surface area contributed by atoms with Crippen molar-refractivity contribution in [1.82, 2.24) is 15.1 Å². The molecule has 2 atom stereocenters. The summed E-state index contributed by atoms with van der Waals surface area (Å²) in [7, 11) is 0. The molecule has 0 aliphatic rings. The number of aromatic nitrogens is 2. The van der Waals surface area contributed by atoms with Gasteiger partial charge in [0, 0.05) is 12.6 Å². The Balaban J connectivity index is 1.61. The Morgan fingerprint density at radius 2 is 2.04 bits per heavy atom. The van der Waals surface area contributed by atoms with Gasteiger partial charge in [0.05, 0.1) is 17.6 Å². The molecule has 0 fully saturated rings. The summed E-state index contributed by atoms with van der Waals surface area (Å²) >= 11 is 0. The molecule has 0 radical (unpaired) electrons. The highest BCUT2D eigenvalue weighted by molar-refractivity contribution is 5.86. The van der Waals surface area contributed by atoms with Gasteiger partial charge in [0.25, 0.3) is 0 Å². The van der Waals surface area contributed by atoms with Gasteiger partial charge in [0.2, 0.25) is 0 Å². The number of hydrogen-bond acceptors (Lipinski definition) is 5. The fraction of sp³-hybridized carbons (Fsp3) is 0.278. The number of nitrogens with one attached hydrogen (secondary N) is 1. The lowest BCUT2D eigenvalue weighted by atomic mass is 9.99. The Bertz CT molecular complexity index is 872. The van der Waals surface area contributed by atoms with Gasteiger partial charge in [-0.25, -0.2) is 0 Å². The van der Waals surface area contributed by atoms with E-state index in [1.165, 1.54) is 33.4 Å². The standard InChI is InChI=1S/C18H20N4O3/c1-13(17-8-4-6-14-5-2-3-7-18(14)17)19-10-16(23)12-21-11-15(9-20-21)22(24)25/h2-9,11,13,16,19,23H,10,12H2,1H3/t13-,16?/m1/s1. The highest BCUT2D eigenvalue weighted by Crippen LogP contribution is 2.23. The van der Waals surface area contributed by atoms with Crippen LogP contribution in [-0.4, -0.2) is 32.5 Å². The Kier molecular flexibility index (Phi) is 5.06. The van der Waals surface area contributed by atoms with Crippen LogP contribution in [0.3, 0.4) is 0 Å². The number of fused-ring (bicyclic) bond motifs is 1. The first-order chi connectivity index (χ1) is 12.0. The number of rotatable bonds is 7. The zero-order chi connectivity index (χ0) is 17.8. The van der Waals surface area contributed by atoms with Gasteiger partial charge in [-0.2, -0.15) is 5.10 Å². The van der Waals surface area contributed by atoms with Gasteiger partial charge < -0.3 is 10.4 Å². The lowest BCUT2D eigenvalue weighted by Crippen LogP contribution is -2.32. The molecule has 0 aliphatic carbocycles. The topological polar surface area (TPSA) is 93.2 Å². The normalized spacial score (nSPS) is 13.7. The van der Waals surface area contributed by atoms with E-state index < -0.39 is 11.0 Å². The van der Waals surface area contributed by atoms with Crippen molar-refractivity contribution in [1.29, 1.82) is 0 Å². The van der Waals surface area contributed by atoms with E-state index in [2.05, 4.69) is 34.7 Å². The van der Waals surface area contributed by atoms with Crippen molar-refractivity contribution in [2.24, 2.45) is 0 Å². The Morgan fingerprint density at radius 1 is 1.28 bits per heavy atom. The van der Waals surface area contributed by atoms with Crippen LogP contribution in [0.2, 0.25) is 0 Å². The van der Waals surface area contributed by atoms with Crippen LogP contribution < -0.4 is 5.32 Å². The van der Waals surface area contributed by atoms with E-state index in [1.807, 2.05) is 25.1 Å². The van der Waals surface area contributed by atoms with Crippen LogP contribution in [-0.2, 0) is 6.54 Å². The summed E-state index contributed by atoms with van der Waals surface area (Å²) in [6.45, 7) is 2.61. The molecule has 2 aromatic carbocycles. The molecule has 0 spiro atoms. The summed E-state index contributed by atoms with van der Waals surface area (Å²) < 4.78 is 1.38. The van der Waals surface area contributed by atoms with E-state index in [1.54, 1.807) is 0 Å². The third-order valence-corrected chi connectivity index (χ3v) is 4.18. The molecular weight excluding hydrogens is 320 g/mol. The second kappa shape index (κ2) is 7.42. The molecule has 2 N–H and O–H groups in total. The zero-order valence-electron chi connectivity index (χ0n) is 13.9. The maximum Gasteiger partial charge on any atom is 0.306 e. The first-order valence-corrected chi connectivity index (χ1v) is 8.10. The molecule has 1 unspecified atom stereocenters. The third-order valence-electron chi connectivity index (χ3n) is 4.18. The summed E-state index contributed by atoms with van der Waals surface area (Å²) in [4.78, 5) is 10.2. The number of nitro groups is 1. The zero-order valence-corrected chi connectivity index (χ0v) is 13.9. The molecule has 1 heterocycles. The molecule has 0 bridgehead atoms. The van der Waals surface area contributed by atoms with Crippen molar-refractivity contribution in [3.63, 3.8) is 0 Å². The summed E-state index contributed by atoms with van der Waals surface area (Å²) in [6, 6.07) is 14.4. The second-order valence-electron chi connectivity index (χ2n) is 6.03. The molecule has 1 aromatic heterocycles. The van der Waals surface area contributed by atoms with Crippen LogP contribution >= 0.6 is 0 Å². The Labute approximate surface area is 145 Å². The van der Waals surface area contributed by atoms with Crippen LogP contribution in [0.25, 0.3) is 10.8 Å². The molecular formula is C18H20N4O3. The van der Waals surface area contributed by atoms with Crippen molar-refractivity contribution in [2.75, 3.05) is 6.54 Å². The van der Waals surface area contributed by atoms with Crippen molar-refractivity contribution < 1.29 is 10.0 Å². The molecule has 0 aliphatic heterocycles. The number of benzene rings is 2.